The maximum absolute atomic E-state index is 10.7. The van der Waals surface area contributed by atoms with E-state index in [0.717, 1.165) is 19.1 Å². The van der Waals surface area contributed by atoms with E-state index in [9.17, 15) is 14.7 Å². The Labute approximate surface area is 75.9 Å². The zero-order valence-corrected chi connectivity index (χ0v) is 7.13. The quantitative estimate of drug-likeness (QED) is 0.614. The van der Waals surface area contributed by atoms with Crippen LogP contribution in [0.2, 0.25) is 0 Å². The molecule has 0 radical (unpaired) electrons. The van der Waals surface area contributed by atoms with E-state index in [4.69, 9.17) is 4.74 Å². The van der Waals surface area contributed by atoms with Crippen molar-refractivity contribution in [1.82, 2.24) is 0 Å². The van der Waals surface area contributed by atoms with Crippen molar-refractivity contribution in [3.63, 3.8) is 0 Å². The van der Waals surface area contributed by atoms with Crippen LogP contribution in [0.4, 0.5) is 0 Å². The fourth-order valence-electron chi connectivity index (χ4n) is 2.74. The van der Waals surface area contributed by atoms with E-state index >= 15 is 0 Å². The highest BCUT2D eigenvalue weighted by molar-refractivity contribution is 5.59. The number of aliphatic hydroxyl groups excluding tert-OH is 1. The molecule has 0 spiro atoms. The third-order valence-corrected chi connectivity index (χ3v) is 3.35. The van der Waals surface area contributed by atoms with Crippen LogP contribution in [0, 0.1) is 17.8 Å². The molecule has 72 valence electrons. The lowest BCUT2D eigenvalue weighted by Crippen LogP contribution is -2.53. The summed E-state index contributed by atoms with van der Waals surface area (Å²) in [5.74, 6) is -0.0504. The molecular weight excluding hydrogens is 172 g/mol. The second-order valence-corrected chi connectivity index (χ2v) is 3.80. The molecule has 5 atom stereocenters. The van der Waals surface area contributed by atoms with Gasteiger partial charge >= 0.3 is 0 Å². The fraction of sp³-hybridized carbons (Fsp3) is 0.778. The molecule has 0 aromatic carbocycles. The maximum atomic E-state index is 10.7. The van der Waals surface area contributed by atoms with Gasteiger partial charge in [-0.3, -0.25) is 4.79 Å². The lowest BCUT2D eigenvalue weighted by molar-refractivity contribution is -0.167. The molecule has 2 aliphatic carbocycles. The van der Waals surface area contributed by atoms with Gasteiger partial charge in [0.1, 0.15) is 12.4 Å². The van der Waals surface area contributed by atoms with E-state index in [-0.39, 0.29) is 30.0 Å². The van der Waals surface area contributed by atoms with E-state index in [1.54, 1.807) is 0 Å². The molecule has 0 aromatic rings. The first-order chi connectivity index (χ1) is 6.29. The van der Waals surface area contributed by atoms with Gasteiger partial charge in [-0.15, -0.1) is 0 Å². The van der Waals surface area contributed by atoms with Gasteiger partial charge in [0.15, 0.2) is 0 Å². The Morgan fingerprint density at radius 3 is 2.69 bits per heavy atom. The van der Waals surface area contributed by atoms with E-state index < -0.39 is 0 Å². The Hall–Kier alpha value is -0.900. The fourth-order valence-corrected chi connectivity index (χ4v) is 2.74. The van der Waals surface area contributed by atoms with Crippen LogP contribution in [-0.2, 0) is 14.3 Å². The highest BCUT2D eigenvalue weighted by atomic mass is 16.5. The summed E-state index contributed by atoms with van der Waals surface area (Å²) < 4.78 is 4.82. The first-order valence-corrected chi connectivity index (χ1v) is 4.52. The molecule has 0 saturated heterocycles. The molecule has 4 heteroatoms. The Morgan fingerprint density at radius 1 is 1.31 bits per heavy atom. The topological polar surface area (TPSA) is 63.6 Å². The van der Waals surface area contributed by atoms with Crippen LogP contribution in [0.1, 0.15) is 12.8 Å². The minimum Gasteiger partial charge on any atom is -0.464 e. The van der Waals surface area contributed by atoms with E-state index in [1.165, 1.54) is 0 Å². The second-order valence-electron chi connectivity index (χ2n) is 3.80. The van der Waals surface area contributed by atoms with Crippen molar-refractivity contribution in [1.29, 1.82) is 0 Å². The SMILES string of the molecule is O=CO[C@H]1[C@@H](C=O)[C@H]2[C@@H]1CC[C@H]2O. The number of hydrogen-bond donors (Lipinski definition) is 1. The summed E-state index contributed by atoms with van der Waals surface area (Å²) in [6.07, 6.45) is 1.71. The molecule has 0 bridgehead atoms. The van der Waals surface area contributed by atoms with E-state index in [2.05, 4.69) is 0 Å². The van der Waals surface area contributed by atoms with Crippen LogP contribution in [0.3, 0.4) is 0 Å². The monoisotopic (exact) mass is 184 g/mol. The molecule has 0 amide bonds. The highest BCUT2D eigenvalue weighted by Gasteiger charge is 2.57. The number of rotatable bonds is 3. The summed E-state index contributed by atoms with van der Waals surface area (Å²) in [5.41, 5.74) is 0. The lowest BCUT2D eigenvalue weighted by atomic mass is 9.64. The molecule has 1 N–H and O–H groups in total. The number of ether oxygens (including phenoxy) is 1. The molecule has 0 aliphatic heterocycles. The molecule has 0 heterocycles. The smallest absolute Gasteiger partial charge is 0.293 e. The number of carbonyl (C=O) groups excluding carboxylic acids is 2. The number of fused-ring (bicyclic) bond motifs is 1. The van der Waals surface area contributed by atoms with Gasteiger partial charge in [0.05, 0.1) is 12.0 Å². The molecule has 2 saturated carbocycles. The van der Waals surface area contributed by atoms with Crippen molar-refractivity contribution in [2.24, 2.45) is 17.8 Å². The molecule has 2 aliphatic rings. The minimum absolute atomic E-state index is 0.0300. The average molecular weight is 184 g/mol. The largest absolute Gasteiger partial charge is 0.464 e. The Balaban J connectivity index is 2.07. The maximum Gasteiger partial charge on any atom is 0.293 e. The van der Waals surface area contributed by atoms with E-state index in [1.807, 2.05) is 0 Å². The number of aldehydes is 1. The summed E-state index contributed by atoms with van der Waals surface area (Å²) in [4.78, 5) is 20.8. The molecule has 13 heavy (non-hydrogen) atoms. The predicted octanol–water partition coefficient (Wildman–Crippen LogP) is -0.256. The first-order valence-electron chi connectivity index (χ1n) is 4.52. The number of hydrogen-bond acceptors (Lipinski definition) is 4. The molecular formula is C9H12O4. The lowest BCUT2D eigenvalue weighted by Gasteiger charge is -2.45. The van der Waals surface area contributed by atoms with Gasteiger partial charge in [0.25, 0.3) is 6.47 Å². The van der Waals surface area contributed by atoms with Crippen LogP contribution in [0.25, 0.3) is 0 Å². The van der Waals surface area contributed by atoms with Crippen molar-refractivity contribution in [3.8, 4) is 0 Å². The van der Waals surface area contributed by atoms with Crippen LogP contribution < -0.4 is 0 Å². The highest BCUT2D eigenvalue weighted by Crippen LogP contribution is 2.51. The molecule has 0 unspecified atom stereocenters. The average Bonchev–Trinajstić information content (AvgIpc) is 2.41. The third-order valence-electron chi connectivity index (χ3n) is 3.35. The van der Waals surface area contributed by atoms with Crippen LogP contribution in [-0.4, -0.2) is 30.1 Å². The number of aliphatic hydroxyl groups is 1. The molecule has 2 rings (SSSR count). The van der Waals surface area contributed by atoms with Gasteiger partial charge < -0.3 is 14.6 Å². The van der Waals surface area contributed by atoms with E-state index in [0.29, 0.717) is 6.47 Å². The van der Waals surface area contributed by atoms with Crippen molar-refractivity contribution in [3.05, 3.63) is 0 Å². The summed E-state index contributed by atoms with van der Waals surface area (Å²) in [6, 6.07) is 0. The molecule has 0 aromatic heterocycles. The Bertz CT molecular complexity index is 228. The second kappa shape index (κ2) is 3.10. The van der Waals surface area contributed by atoms with Gasteiger partial charge in [0.2, 0.25) is 0 Å². The van der Waals surface area contributed by atoms with Gasteiger partial charge in [-0.25, -0.2) is 0 Å². The zero-order chi connectivity index (χ0) is 9.42. The van der Waals surface area contributed by atoms with Gasteiger partial charge in [0, 0.05) is 11.8 Å². The standard InChI is InChI=1S/C9H12O4/c10-3-6-8-5(1-2-7(8)12)9(6)13-4-11/h3-9,12H,1-2H2/t5-,6-,7+,8+,9+/m0/s1. The van der Waals surface area contributed by atoms with Crippen LogP contribution >= 0.6 is 0 Å². The first kappa shape index (κ1) is 8.69. The summed E-state index contributed by atoms with van der Waals surface area (Å²) in [7, 11) is 0. The van der Waals surface area contributed by atoms with Crippen LogP contribution in [0.15, 0.2) is 0 Å². The normalized spacial score (nSPS) is 47.6. The Morgan fingerprint density at radius 2 is 2.08 bits per heavy atom. The predicted molar refractivity (Wildman–Crippen MR) is 42.7 cm³/mol. The van der Waals surface area contributed by atoms with Gasteiger partial charge in [-0.1, -0.05) is 0 Å². The summed E-state index contributed by atoms with van der Waals surface area (Å²) in [6.45, 7) is 0.391. The summed E-state index contributed by atoms with van der Waals surface area (Å²) in [5, 5.41) is 9.50. The zero-order valence-electron chi connectivity index (χ0n) is 7.13. The van der Waals surface area contributed by atoms with Crippen LogP contribution in [0.5, 0.6) is 0 Å². The third kappa shape index (κ3) is 1.09. The number of carbonyl (C=O) groups is 2. The Kier molecular flexibility index (Phi) is 2.07. The molecule has 4 nitrogen and oxygen atoms in total. The van der Waals surface area contributed by atoms with Crippen molar-refractivity contribution >= 4 is 12.8 Å². The summed E-state index contributed by atoms with van der Waals surface area (Å²) >= 11 is 0. The van der Waals surface area contributed by atoms with Crippen molar-refractivity contribution < 1.29 is 19.4 Å². The van der Waals surface area contributed by atoms with Crippen molar-refractivity contribution in [2.45, 2.75) is 25.0 Å². The van der Waals surface area contributed by atoms with Crippen molar-refractivity contribution in [2.75, 3.05) is 0 Å². The molecule has 2 fully saturated rings. The van der Waals surface area contributed by atoms with Gasteiger partial charge in [-0.2, -0.15) is 0 Å². The minimum atomic E-state index is -0.383. The van der Waals surface area contributed by atoms with Gasteiger partial charge in [-0.05, 0) is 12.8 Å².